The molecule has 0 spiro atoms. The number of benzene rings is 1. The van der Waals surface area contributed by atoms with E-state index in [0.717, 1.165) is 20.8 Å². The first-order valence-electron chi connectivity index (χ1n) is 6.75. The van der Waals surface area contributed by atoms with Crippen LogP contribution in [-0.2, 0) is 21.9 Å². The summed E-state index contributed by atoms with van der Waals surface area (Å²) in [5.74, 6) is -0.415. The van der Waals surface area contributed by atoms with Crippen LogP contribution < -0.4 is 0 Å². The Morgan fingerprint density at radius 3 is 2.76 bits per heavy atom. The fourth-order valence-corrected chi connectivity index (χ4v) is 4.09. The lowest BCUT2D eigenvalue weighted by molar-refractivity contribution is -0.121. The zero-order valence-electron chi connectivity index (χ0n) is 11.7. The Labute approximate surface area is 123 Å². The van der Waals surface area contributed by atoms with Crippen molar-refractivity contribution in [3.8, 4) is 0 Å². The summed E-state index contributed by atoms with van der Waals surface area (Å²) in [7, 11) is -1.46. The molecule has 0 aliphatic carbocycles. The highest BCUT2D eigenvalue weighted by Gasteiger charge is 2.31. The number of sulfonamides is 1. The number of aryl methyl sites for hydroxylation is 1. The van der Waals surface area contributed by atoms with Gasteiger partial charge in [0.15, 0.2) is 0 Å². The molecule has 0 radical (unpaired) electrons. The number of amides is 1. The maximum atomic E-state index is 12.0. The molecule has 1 aliphatic rings. The average Bonchev–Trinajstić information content (AvgIpc) is 2.97. The zero-order valence-corrected chi connectivity index (χ0v) is 12.5. The van der Waals surface area contributed by atoms with Crippen molar-refractivity contribution in [1.82, 2.24) is 8.87 Å². The molecule has 0 bridgehead atoms. The van der Waals surface area contributed by atoms with Crippen LogP contribution in [-0.4, -0.2) is 35.5 Å². The molecular weight excluding hydrogens is 288 g/mol. The number of hydrogen-bond acceptors (Lipinski definition) is 3. The van der Waals surface area contributed by atoms with Gasteiger partial charge in [-0.25, -0.2) is 12.7 Å². The number of carbonyl (C=O) groups is 1. The van der Waals surface area contributed by atoms with Crippen molar-refractivity contribution < 1.29 is 13.2 Å². The van der Waals surface area contributed by atoms with Gasteiger partial charge in [-0.1, -0.05) is 18.2 Å². The molecule has 6 heteroatoms. The fourth-order valence-electron chi connectivity index (χ4n) is 2.64. The van der Waals surface area contributed by atoms with Crippen molar-refractivity contribution in [2.24, 2.45) is 7.05 Å². The molecule has 0 saturated carbocycles. The smallest absolute Gasteiger partial charge is 0.260 e. The highest BCUT2D eigenvalue weighted by molar-refractivity contribution is 7.89. The molecule has 1 aliphatic heterocycles. The molecular formula is C15H16N2O3S. The van der Waals surface area contributed by atoms with Crippen molar-refractivity contribution in [1.29, 1.82) is 0 Å². The molecule has 2 aromatic rings. The fraction of sp³-hybridized carbons (Fsp3) is 0.267. The summed E-state index contributed by atoms with van der Waals surface area (Å²) in [6.07, 6.45) is 5.45. The average molecular weight is 304 g/mol. The van der Waals surface area contributed by atoms with Crippen LogP contribution in [0.25, 0.3) is 17.0 Å². The minimum absolute atomic E-state index is 0.0564. The molecule has 1 aromatic carbocycles. The summed E-state index contributed by atoms with van der Waals surface area (Å²) in [5.41, 5.74) is 1.97. The van der Waals surface area contributed by atoms with Gasteiger partial charge in [-0.15, -0.1) is 0 Å². The maximum absolute atomic E-state index is 12.0. The monoisotopic (exact) mass is 304 g/mol. The number of carbonyl (C=O) groups excluding carboxylic acids is 1. The Hall–Kier alpha value is -2.08. The minimum Gasteiger partial charge on any atom is -0.350 e. The molecule has 0 atom stereocenters. The highest BCUT2D eigenvalue weighted by atomic mass is 32.2. The molecule has 110 valence electrons. The van der Waals surface area contributed by atoms with Crippen molar-refractivity contribution in [3.63, 3.8) is 0 Å². The number of para-hydroxylation sites is 1. The van der Waals surface area contributed by atoms with Crippen LogP contribution in [0.2, 0.25) is 0 Å². The Bertz CT molecular complexity index is 834. The second-order valence-electron chi connectivity index (χ2n) is 5.13. The van der Waals surface area contributed by atoms with Crippen LogP contribution >= 0.6 is 0 Å². The molecule has 0 N–H and O–H groups in total. The zero-order chi connectivity index (χ0) is 15.0. The second kappa shape index (κ2) is 5.04. The second-order valence-corrected chi connectivity index (χ2v) is 7.14. The quantitative estimate of drug-likeness (QED) is 0.794. The topological polar surface area (TPSA) is 59.4 Å². The lowest BCUT2D eigenvalue weighted by atomic mass is 10.1. The predicted octanol–water partition coefficient (Wildman–Crippen LogP) is 1.75. The molecule has 2 heterocycles. The molecule has 5 nitrogen and oxygen atoms in total. The largest absolute Gasteiger partial charge is 0.350 e. The van der Waals surface area contributed by atoms with Crippen LogP contribution in [0.5, 0.6) is 0 Å². The summed E-state index contributed by atoms with van der Waals surface area (Å²) < 4.78 is 26.3. The highest BCUT2D eigenvalue weighted by Crippen LogP contribution is 2.22. The SMILES string of the molecule is Cn1cc(C=CC(=O)N2CCCS2(=O)=O)c2ccccc21. The van der Waals surface area contributed by atoms with E-state index >= 15 is 0 Å². The van der Waals surface area contributed by atoms with E-state index in [1.165, 1.54) is 6.08 Å². The van der Waals surface area contributed by atoms with Crippen molar-refractivity contribution >= 4 is 32.9 Å². The Balaban J connectivity index is 1.90. The van der Waals surface area contributed by atoms with Crippen molar-refractivity contribution in [3.05, 3.63) is 42.1 Å². The van der Waals surface area contributed by atoms with Gasteiger partial charge in [0.1, 0.15) is 0 Å². The van der Waals surface area contributed by atoms with Gasteiger partial charge in [0, 0.05) is 42.3 Å². The number of hydrogen-bond donors (Lipinski definition) is 0. The van der Waals surface area contributed by atoms with Crippen LogP contribution in [0.4, 0.5) is 0 Å². The maximum Gasteiger partial charge on any atom is 0.260 e. The number of aromatic nitrogens is 1. The molecule has 0 unspecified atom stereocenters. The van der Waals surface area contributed by atoms with E-state index in [-0.39, 0.29) is 12.3 Å². The lowest BCUT2D eigenvalue weighted by Gasteiger charge is -2.11. The molecule has 1 amide bonds. The third-order valence-electron chi connectivity index (χ3n) is 3.68. The lowest BCUT2D eigenvalue weighted by Crippen LogP contribution is -2.30. The molecule has 3 rings (SSSR count). The van der Waals surface area contributed by atoms with Gasteiger partial charge in [-0.2, -0.15) is 0 Å². The van der Waals surface area contributed by atoms with Crippen molar-refractivity contribution in [2.75, 3.05) is 12.3 Å². The van der Waals surface area contributed by atoms with E-state index in [0.29, 0.717) is 6.42 Å². The molecule has 1 fully saturated rings. The summed E-state index contributed by atoms with van der Waals surface area (Å²) in [6.45, 7) is 0.279. The standard InChI is InChI=1S/C15H16N2O3S/c1-16-11-12(13-5-2-3-6-14(13)16)7-8-15(18)17-9-4-10-21(17,19)20/h2-3,5-8,11H,4,9-10H2,1H3. The van der Waals surface area contributed by atoms with Gasteiger partial charge >= 0.3 is 0 Å². The van der Waals surface area contributed by atoms with Gasteiger partial charge in [-0.05, 0) is 18.6 Å². The first-order valence-corrected chi connectivity index (χ1v) is 8.36. The first-order chi connectivity index (χ1) is 9.99. The van der Waals surface area contributed by atoms with E-state index in [9.17, 15) is 13.2 Å². The van der Waals surface area contributed by atoms with E-state index in [1.807, 2.05) is 42.1 Å². The van der Waals surface area contributed by atoms with Gasteiger partial charge in [0.25, 0.3) is 5.91 Å². The third kappa shape index (κ3) is 2.47. The van der Waals surface area contributed by atoms with E-state index in [4.69, 9.17) is 0 Å². The minimum atomic E-state index is -3.40. The third-order valence-corrected chi connectivity index (χ3v) is 5.52. The molecule has 21 heavy (non-hydrogen) atoms. The molecule has 1 aromatic heterocycles. The van der Waals surface area contributed by atoms with Crippen LogP contribution in [0, 0.1) is 0 Å². The van der Waals surface area contributed by atoms with E-state index < -0.39 is 15.9 Å². The number of rotatable bonds is 2. The van der Waals surface area contributed by atoms with Crippen molar-refractivity contribution in [2.45, 2.75) is 6.42 Å². The normalized spacial score (nSPS) is 17.9. The van der Waals surface area contributed by atoms with Crippen LogP contribution in [0.1, 0.15) is 12.0 Å². The van der Waals surface area contributed by atoms with Crippen LogP contribution in [0.15, 0.2) is 36.5 Å². The van der Waals surface area contributed by atoms with Gasteiger partial charge in [0.2, 0.25) is 10.0 Å². The van der Waals surface area contributed by atoms with Gasteiger partial charge in [-0.3, -0.25) is 4.79 Å². The Morgan fingerprint density at radius 1 is 1.29 bits per heavy atom. The summed E-state index contributed by atoms with van der Waals surface area (Å²) >= 11 is 0. The van der Waals surface area contributed by atoms with Gasteiger partial charge < -0.3 is 4.57 Å². The molecule has 1 saturated heterocycles. The number of fused-ring (bicyclic) bond motifs is 1. The summed E-state index contributed by atoms with van der Waals surface area (Å²) in [4.78, 5) is 12.0. The Kier molecular flexibility index (Phi) is 3.33. The Morgan fingerprint density at radius 2 is 2.05 bits per heavy atom. The van der Waals surface area contributed by atoms with Crippen LogP contribution in [0.3, 0.4) is 0 Å². The van der Waals surface area contributed by atoms with E-state index in [1.54, 1.807) is 6.08 Å². The summed E-state index contributed by atoms with van der Waals surface area (Å²) in [6, 6.07) is 7.87. The first kappa shape index (κ1) is 13.9. The number of nitrogens with zero attached hydrogens (tertiary/aromatic N) is 2. The van der Waals surface area contributed by atoms with Gasteiger partial charge in [0.05, 0.1) is 5.75 Å². The van der Waals surface area contributed by atoms with E-state index in [2.05, 4.69) is 0 Å². The summed E-state index contributed by atoms with van der Waals surface area (Å²) in [5, 5.41) is 1.04. The predicted molar refractivity (Wildman–Crippen MR) is 82.1 cm³/mol.